The van der Waals surface area contributed by atoms with Gasteiger partial charge in [0, 0.05) is 0 Å². The molecule has 0 radical (unpaired) electrons. The molecule has 0 aromatic carbocycles. The zero-order valence-electron chi connectivity index (χ0n) is 11.1. The normalized spacial score (nSPS) is 17.0. The summed E-state index contributed by atoms with van der Waals surface area (Å²) in [6.07, 6.45) is -3.30. The number of nitrogens with zero attached hydrogens (tertiary/aromatic N) is 1. The first-order chi connectivity index (χ1) is 9.66. The van der Waals surface area contributed by atoms with E-state index in [2.05, 4.69) is 10.3 Å². The van der Waals surface area contributed by atoms with E-state index in [0.717, 1.165) is 6.07 Å². The van der Waals surface area contributed by atoms with Crippen molar-refractivity contribution in [3.63, 3.8) is 0 Å². The van der Waals surface area contributed by atoms with Gasteiger partial charge >= 0.3 is 12.1 Å². The van der Waals surface area contributed by atoms with Crippen molar-refractivity contribution in [2.75, 3.05) is 0 Å². The summed E-state index contributed by atoms with van der Waals surface area (Å²) < 4.78 is 37.5. The molecule has 0 aliphatic heterocycles. The van der Waals surface area contributed by atoms with E-state index >= 15 is 0 Å². The molecular formula is C13H13F3N2O3. The maximum absolute atomic E-state index is 12.5. The third-order valence-electron chi connectivity index (χ3n) is 3.59. The van der Waals surface area contributed by atoms with Crippen LogP contribution < -0.4 is 5.32 Å². The van der Waals surface area contributed by atoms with Crippen LogP contribution in [0.2, 0.25) is 0 Å². The Morgan fingerprint density at radius 1 is 1.33 bits per heavy atom. The molecule has 0 unspecified atom stereocenters. The van der Waals surface area contributed by atoms with Crippen molar-refractivity contribution in [2.45, 2.75) is 37.9 Å². The van der Waals surface area contributed by atoms with Gasteiger partial charge in [0.25, 0.3) is 5.91 Å². The molecule has 0 spiro atoms. The maximum Gasteiger partial charge on any atom is 0.433 e. The number of halogens is 3. The molecule has 1 aliphatic rings. The van der Waals surface area contributed by atoms with Crippen LogP contribution >= 0.6 is 0 Å². The molecule has 1 heterocycles. The molecule has 1 aromatic heterocycles. The molecule has 0 saturated heterocycles. The highest BCUT2D eigenvalue weighted by Gasteiger charge is 2.46. The van der Waals surface area contributed by atoms with E-state index in [-0.39, 0.29) is 11.3 Å². The van der Waals surface area contributed by atoms with Gasteiger partial charge in [-0.15, -0.1) is 0 Å². The first-order valence-electron chi connectivity index (χ1n) is 6.26. The third kappa shape index (κ3) is 2.84. The largest absolute Gasteiger partial charge is 0.480 e. The molecule has 1 fully saturated rings. The average Bonchev–Trinajstić information content (AvgIpc) is 2.31. The zero-order chi connectivity index (χ0) is 15.8. The molecule has 5 nitrogen and oxygen atoms in total. The van der Waals surface area contributed by atoms with E-state index in [1.165, 1.54) is 6.92 Å². The second-order valence-corrected chi connectivity index (χ2v) is 5.02. The summed E-state index contributed by atoms with van der Waals surface area (Å²) in [4.78, 5) is 26.6. The minimum absolute atomic E-state index is 0.0597. The third-order valence-corrected chi connectivity index (χ3v) is 3.59. The molecule has 114 valence electrons. The van der Waals surface area contributed by atoms with E-state index in [1.54, 1.807) is 0 Å². The van der Waals surface area contributed by atoms with Crippen LogP contribution in [0.4, 0.5) is 13.2 Å². The number of hydrogen-bond donors (Lipinski definition) is 2. The van der Waals surface area contributed by atoms with Gasteiger partial charge in [-0.1, -0.05) is 0 Å². The quantitative estimate of drug-likeness (QED) is 0.896. The van der Waals surface area contributed by atoms with Crippen LogP contribution in [-0.4, -0.2) is 27.5 Å². The van der Waals surface area contributed by atoms with E-state index in [0.29, 0.717) is 25.3 Å². The second kappa shape index (κ2) is 5.01. The lowest BCUT2D eigenvalue weighted by Gasteiger charge is -2.38. The average molecular weight is 302 g/mol. The van der Waals surface area contributed by atoms with Gasteiger partial charge in [-0.3, -0.25) is 4.79 Å². The molecule has 0 atom stereocenters. The molecule has 1 aromatic rings. The standard InChI is InChI=1S/C13H13F3N2O3/c1-7-8(3-4-9(17-7)13(14,15)16)10(19)18-12(11(20)21)5-2-6-12/h3-4H,2,5-6H2,1H3,(H,18,19)(H,20,21). The summed E-state index contributed by atoms with van der Waals surface area (Å²) >= 11 is 0. The van der Waals surface area contributed by atoms with E-state index in [9.17, 15) is 22.8 Å². The summed E-state index contributed by atoms with van der Waals surface area (Å²) in [6.45, 7) is 1.28. The Morgan fingerprint density at radius 2 is 1.95 bits per heavy atom. The van der Waals surface area contributed by atoms with Crippen molar-refractivity contribution >= 4 is 11.9 Å². The highest BCUT2D eigenvalue weighted by molar-refractivity contribution is 5.98. The molecule has 1 saturated carbocycles. The number of nitrogens with one attached hydrogen (secondary N) is 1. The maximum atomic E-state index is 12.5. The Labute approximate surface area is 118 Å². The topological polar surface area (TPSA) is 79.3 Å². The predicted octanol–water partition coefficient (Wildman–Crippen LogP) is 2.15. The predicted molar refractivity (Wildman–Crippen MR) is 65.7 cm³/mol. The lowest BCUT2D eigenvalue weighted by molar-refractivity contribution is -0.148. The van der Waals surface area contributed by atoms with Crippen molar-refractivity contribution in [1.82, 2.24) is 10.3 Å². The van der Waals surface area contributed by atoms with Gasteiger partial charge in [0.15, 0.2) is 0 Å². The highest BCUT2D eigenvalue weighted by atomic mass is 19.4. The minimum atomic E-state index is -4.59. The van der Waals surface area contributed by atoms with Crippen molar-refractivity contribution < 1.29 is 27.9 Å². The van der Waals surface area contributed by atoms with E-state index < -0.39 is 29.3 Å². The molecule has 2 N–H and O–H groups in total. The van der Waals surface area contributed by atoms with Crippen LogP contribution in [0, 0.1) is 6.92 Å². The van der Waals surface area contributed by atoms with Crippen molar-refractivity contribution in [2.24, 2.45) is 0 Å². The molecular weight excluding hydrogens is 289 g/mol. The Balaban J connectivity index is 2.22. The number of carbonyl (C=O) groups is 2. The lowest BCUT2D eigenvalue weighted by atomic mass is 9.76. The summed E-state index contributed by atoms with van der Waals surface area (Å²) in [5, 5.41) is 11.5. The van der Waals surface area contributed by atoms with Gasteiger partial charge in [0.05, 0.1) is 11.3 Å². The number of aromatic nitrogens is 1. The Bertz CT molecular complexity index is 595. The number of aliphatic carboxylic acids is 1. The second-order valence-electron chi connectivity index (χ2n) is 5.02. The summed E-state index contributed by atoms with van der Waals surface area (Å²) in [5.74, 6) is -1.87. The molecule has 0 bridgehead atoms. The molecule has 1 amide bonds. The van der Waals surface area contributed by atoms with Crippen LogP contribution in [-0.2, 0) is 11.0 Å². The fraction of sp³-hybridized carbons (Fsp3) is 0.462. The van der Waals surface area contributed by atoms with Gasteiger partial charge in [0.2, 0.25) is 0 Å². The summed E-state index contributed by atoms with van der Waals surface area (Å²) in [6, 6.07) is 1.71. The fourth-order valence-corrected chi connectivity index (χ4v) is 2.17. The number of alkyl halides is 3. The number of carboxylic acids is 1. The fourth-order valence-electron chi connectivity index (χ4n) is 2.17. The molecule has 2 rings (SSSR count). The van der Waals surface area contributed by atoms with Crippen LogP contribution in [0.25, 0.3) is 0 Å². The molecule has 21 heavy (non-hydrogen) atoms. The van der Waals surface area contributed by atoms with Crippen LogP contribution in [0.3, 0.4) is 0 Å². The van der Waals surface area contributed by atoms with Crippen LogP contribution in [0.5, 0.6) is 0 Å². The number of pyridine rings is 1. The SMILES string of the molecule is Cc1nc(C(F)(F)F)ccc1C(=O)NC1(C(=O)O)CCC1. The van der Waals surface area contributed by atoms with Gasteiger partial charge in [-0.05, 0) is 38.3 Å². The first kappa shape index (κ1) is 15.3. The van der Waals surface area contributed by atoms with E-state index in [4.69, 9.17) is 5.11 Å². The Kier molecular flexibility index (Phi) is 3.65. The first-order valence-corrected chi connectivity index (χ1v) is 6.26. The minimum Gasteiger partial charge on any atom is -0.480 e. The van der Waals surface area contributed by atoms with Crippen LogP contribution in [0.15, 0.2) is 12.1 Å². The molecule has 1 aliphatic carbocycles. The van der Waals surface area contributed by atoms with Crippen molar-refractivity contribution in [3.8, 4) is 0 Å². The van der Waals surface area contributed by atoms with Gasteiger partial charge in [-0.2, -0.15) is 13.2 Å². The number of amides is 1. The molecule has 8 heteroatoms. The monoisotopic (exact) mass is 302 g/mol. The Hall–Kier alpha value is -2.12. The lowest BCUT2D eigenvalue weighted by Crippen LogP contribution is -2.59. The smallest absolute Gasteiger partial charge is 0.433 e. The number of carbonyl (C=O) groups excluding carboxylic acids is 1. The summed E-state index contributed by atoms with van der Waals surface area (Å²) in [5.41, 5.74) is -2.56. The van der Waals surface area contributed by atoms with Gasteiger partial charge in [-0.25, -0.2) is 9.78 Å². The van der Waals surface area contributed by atoms with Crippen molar-refractivity contribution in [1.29, 1.82) is 0 Å². The number of carboxylic acid groups (broad SMARTS) is 1. The summed E-state index contributed by atoms with van der Waals surface area (Å²) in [7, 11) is 0. The number of hydrogen-bond acceptors (Lipinski definition) is 3. The number of rotatable bonds is 3. The van der Waals surface area contributed by atoms with Crippen molar-refractivity contribution in [3.05, 3.63) is 29.1 Å². The van der Waals surface area contributed by atoms with Gasteiger partial charge in [0.1, 0.15) is 11.2 Å². The van der Waals surface area contributed by atoms with Crippen LogP contribution in [0.1, 0.15) is 41.0 Å². The van der Waals surface area contributed by atoms with E-state index in [1.807, 2.05) is 0 Å². The van der Waals surface area contributed by atoms with Gasteiger partial charge < -0.3 is 10.4 Å². The number of aryl methyl sites for hydroxylation is 1. The zero-order valence-corrected chi connectivity index (χ0v) is 11.1. The highest BCUT2D eigenvalue weighted by Crippen LogP contribution is 2.33. The Morgan fingerprint density at radius 3 is 2.33 bits per heavy atom.